The molecule has 0 radical (unpaired) electrons. The molecule has 0 aliphatic heterocycles. The van der Waals surface area contributed by atoms with Gasteiger partial charge in [0.25, 0.3) is 0 Å². The summed E-state index contributed by atoms with van der Waals surface area (Å²) in [4.78, 5) is 15.3. The molecule has 0 fully saturated rings. The second-order valence-corrected chi connectivity index (χ2v) is 5.66. The summed E-state index contributed by atoms with van der Waals surface area (Å²) in [7, 11) is 0. The van der Waals surface area contributed by atoms with E-state index in [2.05, 4.69) is 20.9 Å². The largest absolute Gasteiger partial charge is 0.488 e. The molecule has 2 aromatic carbocycles. The van der Waals surface area contributed by atoms with E-state index in [1.165, 1.54) is 6.07 Å². The molecule has 0 aliphatic rings. The average Bonchev–Trinajstić information content (AvgIpc) is 2.52. The fraction of sp³-hybridized carbons (Fsp3) is 0.0588. The molecule has 0 amide bonds. The lowest BCUT2D eigenvalue weighted by Gasteiger charge is -2.10. The van der Waals surface area contributed by atoms with Crippen molar-refractivity contribution in [3.63, 3.8) is 0 Å². The first-order valence-electron chi connectivity index (χ1n) is 6.64. The Labute approximate surface area is 135 Å². The van der Waals surface area contributed by atoms with E-state index in [-0.39, 0.29) is 5.69 Å². The third kappa shape index (κ3) is 3.09. The van der Waals surface area contributed by atoms with Gasteiger partial charge in [0, 0.05) is 15.9 Å². The van der Waals surface area contributed by atoms with Gasteiger partial charge in [0.05, 0.1) is 5.52 Å². The Morgan fingerprint density at radius 3 is 2.73 bits per heavy atom. The van der Waals surface area contributed by atoms with Crippen molar-refractivity contribution in [2.75, 3.05) is 0 Å². The van der Waals surface area contributed by atoms with Gasteiger partial charge in [-0.1, -0.05) is 40.2 Å². The van der Waals surface area contributed by atoms with Gasteiger partial charge in [-0.05, 0) is 29.8 Å². The lowest BCUT2D eigenvalue weighted by atomic mass is 10.1. The maximum atomic E-state index is 11.2. The van der Waals surface area contributed by atoms with Gasteiger partial charge in [-0.3, -0.25) is 0 Å². The number of carbonyl (C=O) groups is 1. The number of para-hydroxylation sites is 1. The van der Waals surface area contributed by atoms with Crippen LogP contribution < -0.4 is 4.74 Å². The number of carboxylic acids is 1. The molecular formula is C17H12BrNO3. The molecule has 3 rings (SSSR count). The number of aromatic nitrogens is 1. The van der Waals surface area contributed by atoms with Crippen molar-refractivity contribution in [2.24, 2.45) is 0 Å². The highest BCUT2D eigenvalue weighted by molar-refractivity contribution is 9.10. The first kappa shape index (κ1) is 14.5. The summed E-state index contributed by atoms with van der Waals surface area (Å²) in [5.74, 6) is -0.555. The first-order chi connectivity index (χ1) is 10.6. The Morgan fingerprint density at radius 1 is 1.14 bits per heavy atom. The van der Waals surface area contributed by atoms with E-state index in [9.17, 15) is 4.79 Å². The van der Waals surface area contributed by atoms with E-state index in [1.54, 1.807) is 6.07 Å². The van der Waals surface area contributed by atoms with Crippen molar-refractivity contribution < 1.29 is 14.6 Å². The van der Waals surface area contributed by atoms with Gasteiger partial charge in [-0.15, -0.1) is 0 Å². The number of nitrogens with zero attached hydrogens (tertiary/aromatic N) is 1. The number of hydrogen-bond donors (Lipinski definition) is 1. The summed E-state index contributed by atoms with van der Waals surface area (Å²) >= 11 is 3.42. The molecule has 0 bridgehead atoms. The normalized spacial score (nSPS) is 10.6. The molecule has 0 atom stereocenters. The smallest absolute Gasteiger partial charge is 0.354 e. The van der Waals surface area contributed by atoms with E-state index in [0.29, 0.717) is 17.9 Å². The molecule has 0 saturated carbocycles. The fourth-order valence-electron chi connectivity index (χ4n) is 2.16. The Balaban J connectivity index is 1.96. The summed E-state index contributed by atoms with van der Waals surface area (Å²) < 4.78 is 6.80. The highest BCUT2D eigenvalue weighted by Crippen LogP contribution is 2.26. The second kappa shape index (κ2) is 6.15. The minimum atomic E-state index is -1.07. The molecule has 22 heavy (non-hydrogen) atoms. The Morgan fingerprint density at radius 2 is 1.95 bits per heavy atom. The highest BCUT2D eigenvalue weighted by atomic mass is 79.9. The molecular weight excluding hydrogens is 346 g/mol. The fourth-order valence-corrected chi connectivity index (χ4v) is 2.61. The lowest BCUT2D eigenvalue weighted by molar-refractivity contribution is 0.0690. The van der Waals surface area contributed by atoms with Crippen molar-refractivity contribution in [1.82, 2.24) is 4.98 Å². The van der Waals surface area contributed by atoms with Crippen molar-refractivity contribution >= 4 is 32.8 Å². The number of fused-ring (bicyclic) bond motifs is 1. The molecule has 1 aromatic heterocycles. The van der Waals surface area contributed by atoms with Crippen molar-refractivity contribution in [1.29, 1.82) is 0 Å². The third-order valence-corrected chi connectivity index (χ3v) is 3.67. The van der Waals surface area contributed by atoms with Gasteiger partial charge >= 0.3 is 5.97 Å². The van der Waals surface area contributed by atoms with Crippen LogP contribution in [-0.4, -0.2) is 16.1 Å². The number of benzene rings is 2. The predicted molar refractivity (Wildman–Crippen MR) is 87.2 cm³/mol. The van der Waals surface area contributed by atoms with Crippen LogP contribution >= 0.6 is 15.9 Å². The number of hydrogen-bond acceptors (Lipinski definition) is 3. The average molecular weight is 358 g/mol. The Bertz CT molecular complexity index is 848. The van der Waals surface area contributed by atoms with Crippen molar-refractivity contribution in [3.05, 3.63) is 70.3 Å². The topological polar surface area (TPSA) is 59.4 Å². The van der Waals surface area contributed by atoms with E-state index in [1.807, 2.05) is 42.5 Å². The van der Waals surface area contributed by atoms with E-state index < -0.39 is 5.97 Å². The Hall–Kier alpha value is -2.40. The SMILES string of the molecule is O=C(O)c1cc(OCc2cccc(Br)c2)c2ccccc2n1. The maximum absolute atomic E-state index is 11.2. The van der Waals surface area contributed by atoms with Gasteiger partial charge in [0.1, 0.15) is 12.4 Å². The molecule has 0 aliphatic carbocycles. The van der Waals surface area contributed by atoms with E-state index in [4.69, 9.17) is 9.84 Å². The summed E-state index contributed by atoms with van der Waals surface area (Å²) in [6, 6.07) is 16.6. The molecule has 4 nitrogen and oxygen atoms in total. The van der Waals surface area contributed by atoms with Crippen LogP contribution in [0.15, 0.2) is 59.1 Å². The monoisotopic (exact) mass is 357 g/mol. The summed E-state index contributed by atoms with van der Waals surface area (Å²) in [5, 5.41) is 9.96. The van der Waals surface area contributed by atoms with Crippen LogP contribution in [0.4, 0.5) is 0 Å². The number of aromatic carboxylic acids is 1. The number of ether oxygens (including phenoxy) is 1. The molecule has 0 unspecified atom stereocenters. The zero-order valence-corrected chi connectivity index (χ0v) is 13.1. The molecule has 0 saturated heterocycles. The van der Waals surface area contributed by atoms with Crippen molar-refractivity contribution in [3.8, 4) is 5.75 Å². The van der Waals surface area contributed by atoms with E-state index in [0.717, 1.165) is 15.4 Å². The quantitative estimate of drug-likeness (QED) is 0.757. The zero-order valence-electron chi connectivity index (χ0n) is 11.5. The summed E-state index contributed by atoms with van der Waals surface area (Å²) in [6.45, 7) is 0.354. The van der Waals surface area contributed by atoms with Gasteiger partial charge in [-0.25, -0.2) is 9.78 Å². The van der Waals surface area contributed by atoms with Gasteiger partial charge < -0.3 is 9.84 Å². The van der Waals surface area contributed by atoms with Crippen LogP contribution in [0.5, 0.6) is 5.75 Å². The van der Waals surface area contributed by atoms with Crippen LogP contribution in [0, 0.1) is 0 Å². The molecule has 0 spiro atoms. The number of halogens is 1. The maximum Gasteiger partial charge on any atom is 0.354 e. The van der Waals surface area contributed by atoms with Gasteiger partial charge in [-0.2, -0.15) is 0 Å². The summed E-state index contributed by atoms with van der Waals surface area (Å²) in [6.07, 6.45) is 0. The highest BCUT2D eigenvalue weighted by Gasteiger charge is 2.11. The van der Waals surface area contributed by atoms with Crippen LogP contribution in [-0.2, 0) is 6.61 Å². The molecule has 3 aromatic rings. The first-order valence-corrected chi connectivity index (χ1v) is 7.43. The van der Waals surface area contributed by atoms with Crippen LogP contribution in [0.3, 0.4) is 0 Å². The van der Waals surface area contributed by atoms with Crippen LogP contribution in [0.25, 0.3) is 10.9 Å². The molecule has 110 valence electrons. The van der Waals surface area contributed by atoms with Gasteiger partial charge in [0.15, 0.2) is 5.69 Å². The molecule has 5 heteroatoms. The molecule has 1 N–H and O–H groups in total. The lowest BCUT2D eigenvalue weighted by Crippen LogP contribution is -2.03. The third-order valence-electron chi connectivity index (χ3n) is 3.18. The van der Waals surface area contributed by atoms with Crippen LogP contribution in [0.1, 0.15) is 16.1 Å². The second-order valence-electron chi connectivity index (χ2n) is 4.75. The minimum absolute atomic E-state index is 0.0251. The predicted octanol–water partition coefficient (Wildman–Crippen LogP) is 4.27. The van der Waals surface area contributed by atoms with Crippen molar-refractivity contribution in [2.45, 2.75) is 6.61 Å². The zero-order chi connectivity index (χ0) is 15.5. The van der Waals surface area contributed by atoms with E-state index >= 15 is 0 Å². The van der Waals surface area contributed by atoms with Crippen LogP contribution in [0.2, 0.25) is 0 Å². The number of pyridine rings is 1. The number of rotatable bonds is 4. The standard InChI is InChI=1S/C17H12BrNO3/c18-12-5-3-4-11(8-12)10-22-16-9-15(17(20)21)19-14-7-2-1-6-13(14)16/h1-9H,10H2,(H,20,21). The Kier molecular flexibility index (Phi) is 4.06. The summed E-state index contributed by atoms with van der Waals surface area (Å²) in [5.41, 5.74) is 1.57. The number of carboxylic acid groups (broad SMARTS) is 1. The molecule has 1 heterocycles. The van der Waals surface area contributed by atoms with Gasteiger partial charge in [0.2, 0.25) is 0 Å². The minimum Gasteiger partial charge on any atom is -0.488 e.